The summed E-state index contributed by atoms with van der Waals surface area (Å²) in [7, 11) is 0. The van der Waals surface area contributed by atoms with Crippen molar-refractivity contribution in [3.05, 3.63) is 51.7 Å². The molecule has 3 rings (SSSR count). The maximum atomic E-state index is 5.71. The number of hydrogen-bond acceptors (Lipinski definition) is 4. The van der Waals surface area contributed by atoms with E-state index in [0.29, 0.717) is 0 Å². The van der Waals surface area contributed by atoms with Gasteiger partial charge >= 0.3 is 0 Å². The van der Waals surface area contributed by atoms with Crippen molar-refractivity contribution >= 4 is 11.3 Å². The smallest absolute Gasteiger partial charge is 0.122 e. The first-order chi connectivity index (χ1) is 9.36. The lowest BCUT2D eigenvalue weighted by Crippen LogP contribution is -2.28. The molecule has 1 unspecified atom stereocenters. The number of hydrazine groups is 1. The summed E-state index contributed by atoms with van der Waals surface area (Å²) in [4.78, 5) is 1.41. The SMILES string of the molecule is NNC(CCc1cccs1)c1ccc2c(c1)CCO2. The minimum absolute atomic E-state index is 0.202. The number of hydrogen-bond donors (Lipinski definition) is 2. The minimum Gasteiger partial charge on any atom is -0.493 e. The molecule has 3 nitrogen and oxygen atoms in total. The lowest BCUT2D eigenvalue weighted by molar-refractivity contribution is 0.356. The summed E-state index contributed by atoms with van der Waals surface area (Å²) in [6, 6.07) is 10.9. The molecular weight excluding hydrogens is 256 g/mol. The van der Waals surface area contributed by atoms with Crippen molar-refractivity contribution < 1.29 is 4.74 Å². The molecule has 1 aliphatic rings. The predicted octanol–water partition coefficient (Wildman–Crippen LogP) is 2.82. The fraction of sp³-hybridized carbons (Fsp3) is 0.333. The first kappa shape index (κ1) is 12.7. The summed E-state index contributed by atoms with van der Waals surface area (Å²) in [6.07, 6.45) is 3.07. The maximum absolute atomic E-state index is 5.71. The van der Waals surface area contributed by atoms with Gasteiger partial charge < -0.3 is 4.74 Å². The molecule has 0 radical (unpaired) electrons. The molecule has 1 aromatic carbocycles. The summed E-state index contributed by atoms with van der Waals surface area (Å²) >= 11 is 1.80. The molecule has 0 amide bonds. The second kappa shape index (κ2) is 5.74. The Labute approximate surface area is 117 Å². The van der Waals surface area contributed by atoms with E-state index in [1.54, 1.807) is 11.3 Å². The quantitative estimate of drug-likeness (QED) is 0.651. The van der Waals surface area contributed by atoms with Gasteiger partial charge in [0.05, 0.1) is 6.61 Å². The Bertz CT molecular complexity index is 539. The summed E-state index contributed by atoms with van der Waals surface area (Å²) in [5, 5.41) is 2.12. The average molecular weight is 274 g/mol. The molecule has 4 heteroatoms. The number of fused-ring (bicyclic) bond motifs is 1. The fourth-order valence-electron chi connectivity index (χ4n) is 2.51. The molecule has 1 atom stereocenters. The normalized spacial score (nSPS) is 15.0. The molecule has 0 spiro atoms. The molecule has 100 valence electrons. The topological polar surface area (TPSA) is 47.3 Å². The molecule has 0 aliphatic carbocycles. The summed E-state index contributed by atoms with van der Waals surface area (Å²) in [5.74, 6) is 6.74. The van der Waals surface area contributed by atoms with Gasteiger partial charge in [-0.3, -0.25) is 11.3 Å². The van der Waals surface area contributed by atoms with Crippen LogP contribution < -0.4 is 16.0 Å². The third-order valence-corrected chi connectivity index (χ3v) is 4.51. The zero-order valence-electron chi connectivity index (χ0n) is 10.8. The molecule has 2 aromatic rings. The number of benzene rings is 1. The molecular formula is C15H18N2OS. The highest BCUT2D eigenvalue weighted by molar-refractivity contribution is 7.09. The highest BCUT2D eigenvalue weighted by Gasteiger charge is 2.16. The van der Waals surface area contributed by atoms with Crippen LogP contribution in [-0.4, -0.2) is 6.61 Å². The van der Waals surface area contributed by atoms with Gasteiger partial charge in [-0.05, 0) is 41.5 Å². The molecule has 19 heavy (non-hydrogen) atoms. The molecule has 1 aliphatic heterocycles. The molecule has 0 bridgehead atoms. The number of thiophene rings is 1. The first-order valence-electron chi connectivity index (χ1n) is 6.61. The van der Waals surface area contributed by atoms with Crippen LogP contribution >= 0.6 is 11.3 Å². The largest absolute Gasteiger partial charge is 0.493 e. The zero-order chi connectivity index (χ0) is 13.1. The minimum atomic E-state index is 0.202. The van der Waals surface area contributed by atoms with Crippen LogP contribution in [0.5, 0.6) is 5.75 Å². The molecule has 3 N–H and O–H groups in total. The lowest BCUT2D eigenvalue weighted by Gasteiger charge is -2.16. The van der Waals surface area contributed by atoms with Gasteiger partial charge in [0.2, 0.25) is 0 Å². The Morgan fingerprint density at radius 2 is 2.32 bits per heavy atom. The number of aryl methyl sites for hydroxylation is 1. The van der Waals surface area contributed by atoms with E-state index in [-0.39, 0.29) is 6.04 Å². The van der Waals surface area contributed by atoms with Crippen LogP contribution in [0.4, 0.5) is 0 Å². The molecule has 0 fully saturated rings. The number of nitrogens with two attached hydrogens (primary N) is 1. The standard InChI is InChI=1S/C15H18N2OS/c16-17-14(5-4-13-2-1-9-19-13)11-3-6-15-12(10-11)7-8-18-15/h1-3,6,9-10,14,17H,4-5,7-8,16H2. The van der Waals surface area contributed by atoms with Gasteiger partial charge in [0, 0.05) is 17.3 Å². The Morgan fingerprint density at radius 3 is 3.11 bits per heavy atom. The van der Waals surface area contributed by atoms with E-state index in [0.717, 1.165) is 31.6 Å². The second-order valence-corrected chi connectivity index (χ2v) is 5.84. The lowest BCUT2D eigenvalue weighted by atomic mass is 9.99. The summed E-state index contributed by atoms with van der Waals surface area (Å²) < 4.78 is 5.54. The molecule has 2 heterocycles. The van der Waals surface area contributed by atoms with Gasteiger partial charge in [-0.2, -0.15) is 0 Å². The van der Waals surface area contributed by atoms with Crippen LogP contribution in [0.25, 0.3) is 0 Å². The van der Waals surface area contributed by atoms with Crippen LogP contribution in [0.2, 0.25) is 0 Å². The first-order valence-corrected chi connectivity index (χ1v) is 7.49. The molecule has 1 aromatic heterocycles. The van der Waals surface area contributed by atoms with E-state index in [1.165, 1.54) is 16.0 Å². The number of nitrogens with one attached hydrogen (secondary N) is 1. The van der Waals surface area contributed by atoms with Crippen molar-refractivity contribution in [3.8, 4) is 5.75 Å². The number of ether oxygens (including phenoxy) is 1. The van der Waals surface area contributed by atoms with E-state index in [2.05, 4.69) is 41.1 Å². The molecule has 0 saturated carbocycles. The summed E-state index contributed by atoms with van der Waals surface area (Å²) in [5.41, 5.74) is 5.49. The highest BCUT2D eigenvalue weighted by Crippen LogP contribution is 2.29. The Kier molecular flexibility index (Phi) is 3.82. The third-order valence-electron chi connectivity index (χ3n) is 3.58. The molecule has 0 saturated heterocycles. The van der Waals surface area contributed by atoms with Gasteiger partial charge in [0.15, 0.2) is 0 Å². The second-order valence-electron chi connectivity index (χ2n) is 4.80. The van der Waals surface area contributed by atoms with E-state index in [4.69, 9.17) is 10.6 Å². The van der Waals surface area contributed by atoms with Crippen LogP contribution in [0.1, 0.15) is 28.5 Å². The van der Waals surface area contributed by atoms with Crippen molar-refractivity contribution in [2.24, 2.45) is 5.84 Å². The monoisotopic (exact) mass is 274 g/mol. The average Bonchev–Trinajstić information content (AvgIpc) is 3.09. The van der Waals surface area contributed by atoms with Crippen LogP contribution in [0, 0.1) is 0 Å². The van der Waals surface area contributed by atoms with Crippen molar-refractivity contribution in [3.63, 3.8) is 0 Å². The summed E-state index contributed by atoms with van der Waals surface area (Å²) in [6.45, 7) is 0.800. The Morgan fingerprint density at radius 1 is 1.37 bits per heavy atom. The van der Waals surface area contributed by atoms with E-state index in [1.807, 2.05) is 0 Å². The maximum Gasteiger partial charge on any atom is 0.122 e. The zero-order valence-corrected chi connectivity index (χ0v) is 11.6. The van der Waals surface area contributed by atoms with Crippen molar-refractivity contribution in [1.29, 1.82) is 0 Å². The van der Waals surface area contributed by atoms with Gasteiger partial charge in [0.25, 0.3) is 0 Å². The van der Waals surface area contributed by atoms with Crippen molar-refractivity contribution in [2.75, 3.05) is 6.61 Å². The van der Waals surface area contributed by atoms with Crippen LogP contribution in [-0.2, 0) is 12.8 Å². The Balaban J connectivity index is 1.71. The van der Waals surface area contributed by atoms with Crippen LogP contribution in [0.3, 0.4) is 0 Å². The third kappa shape index (κ3) is 2.81. The highest BCUT2D eigenvalue weighted by atomic mass is 32.1. The van der Waals surface area contributed by atoms with Crippen LogP contribution in [0.15, 0.2) is 35.7 Å². The number of rotatable bonds is 5. The van der Waals surface area contributed by atoms with Gasteiger partial charge in [-0.1, -0.05) is 18.2 Å². The Hall–Kier alpha value is -1.36. The predicted molar refractivity (Wildman–Crippen MR) is 78.3 cm³/mol. The van der Waals surface area contributed by atoms with Gasteiger partial charge in [-0.15, -0.1) is 11.3 Å². The van der Waals surface area contributed by atoms with E-state index < -0.39 is 0 Å². The van der Waals surface area contributed by atoms with Gasteiger partial charge in [0.1, 0.15) is 5.75 Å². The van der Waals surface area contributed by atoms with Crippen molar-refractivity contribution in [2.45, 2.75) is 25.3 Å². The fourth-order valence-corrected chi connectivity index (χ4v) is 3.24. The van der Waals surface area contributed by atoms with Gasteiger partial charge in [-0.25, -0.2) is 0 Å². The van der Waals surface area contributed by atoms with E-state index >= 15 is 0 Å². The van der Waals surface area contributed by atoms with Crippen molar-refractivity contribution in [1.82, 2.24) is 5.43 Å². The van der Waals surface area contributed by atoms with E-state index in [9.17, 15) is 0 Å².